The Bertz CT molecular complexity index is 306. The molecular formula is C6H6N2O2S. The molecule has 4 nitrogen and oxygen atoms in total. The molecule has 0 atom stereocenters. The monoisotopic (exact) mass is 170 g/mol. The SMILES string of the molecule is CC(=O)c1sc(N)nc1C=O. The molecule has 0 radical (unpaired) electrons. The van der Waals surface area contributed by atoms with Crippen LogP contribution in [0.2, 0.25) is 0 Å². The number of anilines is 1. The van der Waals surface area contributed by atoms with Crippen LogP contribution < -0.4 is 5.73 Å². The molecule has 2 N–H and O–H groups in total. The first-order valence-electron chi connectivity index (χ1n) is 2.87. The third-order valence-corrected chi connectivity index (χ3v) is 2.10. The van der Waals surface area contributed by atoms with E-state index in [9.17, 15) is 9.59 Å². The van der Waals surface area contributed by atoms with Crippen molar-refractivity contribution in [3.63, 3.8) is 0 Å². The molecule has 0 amide bonds. The predicted molar refractivity (Wildman–Crippen MR) is 41.9 cm³/mol. The number of carbonyl (C=O) groups excluding carboxylic acids is 2. The van der Waals surface area contributed by atoms with E-state index >= 15 is 0 Å². The van der Waals surface area contributed by atoms with E-state index in [-0.39, 0.29) is 16.6 Å². The van der Waals surface area contributed by atoms with Gasteiger partial charge in [0.15, 0.2) is 17.2 Å². The molecule has 0 saturated heterocycles. The number of rotatable bonds is 2. The van der Waals surface area contributed by atoms with E-state index in [2.05, 4.69) is 4.98 Å². The fourth-order valence-corrected chi connectivity index (χ4v) is 1.38. The number of nitrogen functional groups attached to an aromatic ring is 1. The Morgan fingerprint density at radius 1 is 1.73 bits per heavy atom. The molecule has 0 unspecified atom stereocenters. The average Bonchev–Trinajstić information content (AvgIpc) is 2.30. The zero-order valence-electron chi connectivity index (χ0n) is 5.83. The summed E-state index contributed by atoms with van der Waals surface area (Å²) in [5.41, 5.74) is 5.43. The standard InChI is InChI=1S/C6H6N2O2S/c1-3(10)5-4(2-9)8-6(7)11-5/h2H,1H3,(H2,7,8). The minimum atomic E-state index is -0.179. The summed E-state index contributed by atoms with van der Waals surface area (Å²) in [6.07, 6.45) is 0.531. The number of thiazole rings is 1. The first kappa shape index (κ1) is 7.87. The Morgan fingerprint density at radius 2 is 2.36 bits per heavy atom. The van der Waals surface area contributed by atoms with Gasteiger partial charge in [-0.1, -0.05) is 11.3 Å². The van der Waals surface area contributed by atoms with Crippen molar-refractivity contribution in [1.82, 2.24) is 4.98 Å². The Labute approximate surface area is 67.0 Å². The van der Waals surface area contributed by atoms with Crippen molar-refractivity contribution >= 4 is 28.5 Å². The summed E-state index contributed by atoms with van der Waals surface area (Å²) in [5, 5.41) is 0.248. The maximum absolute atomic E-state index is 10.8. The van der Waals surface area contributed by atoms with Crippen molar-refractivity contribution in [3.8, 4) is 0 Å². The van der Waals surface area contributed by atoms with Crippen LogP contribution in [-0.2, 0) is 0 Å². The Hall–Kier alpha value is -1.23. The number of Topliss-reactive ketones (excluding diaryl/α,β-unsaturated/α-hetero) is 1. The van der Waals surface area contributed by atoms with Gasteiger partial charge in [0.2, 0.25) is 0 Å². The summed E-state index contributed by atoms with van der Waals surface area (Å²) in [5.74, 6) is -0.179. The van der Waals surface area contributed by atoms with Gasteiger partial charge >= 0.3 is 0 Å². The average molecular weight is 170 g/mol. The third kappa shape index (κ3) is 1.43. The van der Waals surface area contributed by atoms with E-state index in [4.69, 9.17) is 5.73 Å². The number of aromatic nitrogens is 1. The van der Waals surface area contributed by atoms with Gasteiger partial charge in [-0.25, -0.2) is 4.98 Å². The number of hydrogen-bond donors (Lipinski definition) is 1. The Morgan fingerprint density at radius 3 is 2.73 bits per heavy atom. The summed E-state index contributed by atoms with van der Waals surface area (Å²) < 4.78 is 0. The second kappa shape index (κ2) is 2.79. The smallest absolute Gasteiger partial charge is 0.181 e. The second-order valence-corrected chi connectivity index (χ2v) is 2.97. The van der Waals surface area contributed by atoms with Crippen molar-refractivity contribution in [2.24, 2.45) is 0 Å². The number of aldehydes is 1. The zero-order valence-corrected chi connectivity index (χ0v) is 6.64. The highest BCUT2D eigenvalue weighted by Crippen LogP contribution is 2.18. The molecule has 11 heavy (non-hydrogen) atoms. The lowest BCUT2D eigenvalue weighted by atomic mass is 10.3. The van der Waals surface area contributed by atoms with E-state index < -0.39 is 0 Å². The molecule has 0 aliphatic carbocycles. The van der Waals surface area contributed by atoms with Crippen molar-refractivity contribution in [3.05, 3.63) is 10.6 Å². The summed E-state index contributed by atoms with van der Waals surface area (Å²) in [4.78, 5) is 25.1. The molecule has 1 aromatic rings. The van der Waals surface area contributed by atoms with Gasteiger partial charge in [0.05, 0.1) is 0 Å². The molecular weight excluding hydrogens is 164 g/mol. The summed E-state index contributed by atoms with van der Waals surface area (Å²) in [7, 11) is 0. The molecule has 1 aromatic heterocycles. The normalized spacial score (nSPS) is 9.55. The minimum absolute atomic E-state index is 0.139. The van der Waals surface area contributed by atoms with E-state index in [1.54, 1.807) is 0 Å². The van der Waals surface area contributed by atoms with Crippen LogP contribution in [0.4, 0.5) is 5.13 Å². The lowest BCUT2D eigenvalue weighted by Crippen LogP contribution is -1.93. The maximum Gasteiger partial charge on any atom is 0.181 e. The maximum atomic E-state index is 10.8. The number of ketones is 1. The van der Waals surface area contributed by atoms with Crippen LogP contribution in [0.1, 0.15) is 27.1 Å². The largest absolute Gasteiger partial charge is 0.375 e. The van der Waals surface area contributed by atoms with Crippen LogP contribution in [0, 0.1) is 0 Å². The van der Waals surface area contributed by atoms with Crippen molar-refractivity contribution in [2.75, 3.05) is 5.73 Å². The molecule has 0 aromatic carbocycles. The summed E-state index contributed by atoms with van der Waals surface area (Å²) in [6.45, 7) is 1.37. The Kier molecular flexibility index (Phi) is 2.00. The zero-order chi connectivity index (χ0) is 8.43. The van der Waals surface area contributed by atoms with Crippen LogP contribution in [0.25, 0.3) is 0 Å². The van der Waals surface area contributed by atoms with Crippen LogP contribution >= 0.6 is 11.3 Å². The van der Waals surface area contributed by atoms with Crippen LogP contribution in [-0.4, -0.2) is 17.1 Å². The van der Waals surface area contributed by atoms with Crippen LogP contribution in [0.5, 0.6) is 0 Å². The van der Waals surface area contributed by atoms with Gasteiger partial charge in [0.25, 0.3) is 0 Å². The van der Waals surface area contributed by atoms with Gasteiger partial charge in [-0.15, -0.1) is 0 Å². The number of hydrogen-bond acceptors (Lipinski definition) is 5. The number of nitrogens with zero attached hydrogens (tertiary/aromatic N) is 1. The van der Waals surface area contributed by atoms with Crippen LogP contribution in [0.3, 0.4) is 0 Å². The topological polar surface area (TPSA) is 73.1 Å². The van der Waals surface area contributed by atoms with Gasteiger partial charge in [0, 0.05) is 6.92 Å². The lowest BCUT2D eigenvalue weighted by molar-refractivity contribution is 0.101. The van der Waals surface area contributed by atoms with Gasteiger partial charge in [-0.2, -0.15) is 0 Å². The van der Waals surface area contributed by atoms with E-state index in [0.717, 1.165) is 11.3 Å². The van der Waals surface area contributed by atoms with Crippen molar-refractivity contribution in [2.45, 2.75) is 6.92 Å². The fraction of sp³-hybridized carbons (Fsp3) is 0.167. The van der Waals surface area contributed by atoms with Gasteiger partial charge < -0.3 is 5.73 Å². The van der Waals surface area contributed by atoms with Crippen molar-refractivity contribution in [1.29, 1.82) is 0 Å². The molecule has 0 fully saturated rings. The molecule has 1 rings (SSSR count). The quantitative estimate of drug-likeness (QED) is 0.524. The fourth-order valence-electron chi connectivity index (χ4n) is 0.681. The van der Waals surface area contributed by atoms with E-state index in [0.29, 0.717) is 11.2 Å². The van der Waals surface area contributed by atoms with Crippen molar-refractivity contribution < 1.29 is 9.59 Å². The summed E-state index contributed by atoms with van der Waals surface area (Å²) in [6, 6.07) is 0. The molecule has 1 heterocycles. The van der Waals surface area contributed by atoms with Gasteiger partial charge in [0.1, 0.15) is 10.6 Å². The summed E-state index contributed by atoms with van der Waals surface area (Å²) >= 11 is 1.03. The van der Waals surface area contributed by atoms with E-state index in [1.807, 2.05) is 0 Å². The third-order valence-electron chi connectivity index (χ3n) is 1.10. The lowest BCUT2D eigenvalue weighted by Gasteiger charge is -1.84. The minimum Gasteiger partial charge on any atom is -0.375 e. The first-order chi connectivity index (χ1) is 5.15. The highest BCUT2D eigenvalue weighted by atomic mass is 32.1. The first-order valence-corrected chi connectivity index (χ1v) is 3.69. The van der Waals surface area contributed by atoms with Gasteiger partial charge in [-0.3, -0.25) is 9.59 Å². The van der Waals surface area contributed by atoms with Crippen LogP contribution in [0.15, 0.2) is 0 Å². The highest BCUT2D eigenvalue weighted by Gasteiger charge is 2.11. The highest BCUT2D eigenvalue weighted by molar-refractivity contribution is 7.17. The molecule has 0 saturated carbocycles. The molecule has 0 spiro atoms. The second-order valence-electron chi connectivity index (χ2n) is 1.94. The number of nitrogens with two attached hydrogens (primary N) is 1. The Balaban J connectivity index is 3.22. The molecule has 0 aliphatic rings. The molecule has 0 bridgehead atoms. The predicted octanol–water partition coefficient (Wildman–Crippen LogP) is 0.740. The molecule has 0 aliphatic heterocycles. The van der Waals surface area contributed by atoms with Gasteiger partial charge in [-0.05, 0) is 0 Å². The number of carbonyl (C=O) groups is 2. The van der Waals surface area contributed by atoms with E-state index in [1.165, 1.54) is 6.92 Å². The molecule has 5 heteroatoms. The molecule has 58 valence electrons.